The van der Waals surface area contributed by atoms with Gasteiger partial charge in [-0.15, -0.1) is 0 Å². The monoisotopic (exact) mass is 291 g/mol. The molecular weight excluding hydrogens is 266 g/mol. The van der Waals surface area contributed by atoms with Gasteiger partial charge >= 0.3 is 0 Å². The molecule has 1 aromatic rings. The minimum absolute atomic E-state index is 0.251. The summed E-state index contributed by atoms with van der Waals surface area (Å²) in [4.78, 5) is 2.28. The molecule has 0 saturated carbocycles. The van der Waals surface area contributed by atoms with E-state index in [1.54, 1.807) is 0 Å². The third kappa shape index (κ3) is 3.76. The van der Waals surface area contributed by atoms with Gasteiger partial charge in [-0.3, -0.25) is 0 Å². The minimum atomic E-state index is -0.431. The van der Waals surface area contributed by atoms with Crippen molar-refractivity contribution in [2.24, 2.45) is 0 Å². The lowest BCUT2D eigenvalue weighted by Crippen LogP contribution is -2.35. The predicted octanol–water partition coefficient (Wildman–Crippen LogP) is 1.91. The number of aliphatic hydroxyl groups is 1. The molecule has 21 heavy (non-hydrogen) atoms. The minimum Gasteiger partial charge on any atom is -0.389 e. The van der Waals surface area contributed by atoms with E-state index in [2.05, 4.69) is 30.0 Å². The molecule has 116 valence electrons. The van der Waals surface area contributed by atoms with Crippen LogP contribution in [-0.4, -0.2) is 50.2 Å². The summed E-state index contributed by atoms with van der Waals surface area (Å²) < 4.78 is 11.1. The zero-order chi connectivity index (χ0) is 14.7. The number of fused-ring (bicyclic) bond motifs is 1. The molecule has 0 amide bonds. The summed E-state index contributed by atoms with van der Waals surface area (Å²) in [6.45, 7) is 5.73. The van der Waals surface area contributed by atoms with Crippen molar-refractivity contribution in [2.75, 3.05) is 37.8 Å². The van der Waals surface area contributed by atoms with Crippen molar-refractivity contribution in [3.63, 3.8) is 0 Å². The van der Waals surface area contributed by atoms with Gasteiger partial charge in [0.25, 0.3) is 0 Å². The van der Waals surface area contributed by atoms with Crippen LogP contribution in [0.4, 0.5) is 5.69 Å². The fourth-order valence-electron chi connectivity index (χ4n) is 3.14. The maximum absolute atomic E-state index is 10.2. The van der Waals surface area contributed by atoms with Gasteiger partial charge in [0.05, 0.1) is 18.8 Å². The Morgan fingerprint density at radius 2 is 2.19 bits per heavy atom. The van der Waals surface area contributed by atoms with E-state index in [-0.39, 0.29) is 6.10 Å². The molecule has 1 aromatic carbocycles. The van der Waals surface area contributed by atoms with E-state index in [9.17, 15) is 5.11 Å². The molecule has 1 unspecified atom stereocenters. The topological polar surface area (TPSA) is 41.9 Å². The van der Waals surface area contributed by atoms with Crippen LogP contribution in [0.3, 0.4) is 0 Å². The van der Waals surface area contributed by atoms with Crippen molar-refractivity contribution in [1.29, 1.82) is 0 Å². The molecule has 4 nitrogen and oxygen atoms in total. The number of anilines is 1. The van der Waals surface area contributed by atoms with Gasteiger partial charge in [0.1, 0.15) is 0 Å². The highest BCUT2D eigenvalue weighted by Crippen LogP contribution is 2.28. The van der Waals surface area contributed by atoms with E-state index in [1.165, 1.54) is 16.8 Å². The molecule has 1 N–H and O–H groups in total. The Morgan fingerprint density at radius 3 is 3.00 bits per heavy atom. The van der Waals surface area contributed by atoms with E-state index in [1.807, 2.05) is 0 Å². The standard InChI is InChI=1S/C17H25NO3/c1-13-2-3-14-4-7-18(17(14)10-13)11-15(19)12-21-16-5-8-20-9-6-16/h2-3,10,15-16,19H,4-9,11-12H2,1H3. The number of rotatable bonds is 5. The third-order valence-corrected chi connectivity index (χ3v) is 4.36. The molecule has 1 fully saturated rings. The summed E-state index contributed by atoms with van der Waals surface area (Å²) in [6, 6.07) is 6.58. The molecule has 2 aliphatic heterocycles. The Morgan fingerprint density at radius 1 is 1.38 bits per heavy atom. The lowest BCUT2D eigenvalue weighted by molar-refractivity contribution is -0.0574. The van der Waals surface area contributed by atoms with Gasteiger partial charge < -0.3 is 19.5 Å². The second-order valence-corrected chi connectivity index (χ2v) is 6.13. The molecule has 1 atom stereocenters. The predicted molar refractivity (Wildman–Crippen MR) is 82.9 cm³/mol. The molecule has 2 aliphatic rings. The normalized spacial score (nSPS) is 20.6. The SMILES string of the molecule is Cc1ccc2c(c1)N(CC(O)COC1CCOCC1)CC2. The van der Waals surface area contributed by atoms with E-state index in [0.29, 0.717) is 13.2 Å². The molecule has 3 rings (SSSR count). The van der Waals surface area contributed by atoms with Gasteiger partial charge in [-0.2, -0.15) is 0 Å². The van der Waals surface area contributed by atoms with Crippen LogP contribution in [0.5, 0.6) is 0 Å². The van der Waals surface area contributed by atoms with E-state index in [4.69, 9.17) is 9.47 Å². The smallest absolute Gasteiger partial charge is 0.0948 e. The Kier molecular flexibility index (Phi) is 4.78. The van der Waals surface area contributed by atoms with Crippen LogP contribution in [0.25, 0.3) is 0 Å². The van der Waals surface area contributed by atoms with Crippen molar-refractivity contribution >= 4 is 5.69 Å². The van der Waals surface area contributed by atoms with Gasteiger partial charge in [0.2, 0.25) is 0 Å². The van der Waals surface area contributed by atoms with Crippen LogP contribution in [0, 0.1) is 6.92 Å². The van der Waals surface area contributed by atoms with Crippen LogP contribution in [0.1, 0.15) is 24.0 Å². The maximum atomic E-state index is 10.2. The molecule has 0 radical (unpaired) electrons. The fraction of sp³-hybridized carbons (Fsp3) is 0.647. The van der Waals surface area contributed by atoms with Crippen LogP contribution in [0.15, 0.2) is 18.2 Å². The molecular formula is C17H25NO3. The summed E-state index contributed by atoms with van der Waals surface area (Å²) in [6.07, 6.45) is 2.78. The highest BCUT2D eigenvalue weighted by Gasteiger charge is 2.22. The van der Waals surface area contributed by atoms with Crippen LogP contribution < -0.4 is 4.90 Å². The number of aliphatic hydroxyl groups excluding tert-OH is 1. The lowest BCUT2D eigenvalue weighted by atomic mass is 10.1. The average Bonchev–Trinajstić information content (AvgIpc) is 2.88. The Bertz CT molecular complexity index is 471. The Balaban J connectivity index is 1.49. The zero-order valence-corrected chi connectivity index (χ0v) is 12.8. The molecule has 0 bridgehead atoms. The second kappa shape index (κ2) is 6.77. The first-order valence-corrected chi connectivity index (χ1v) is 7.94. The Labute approximate surface area is 126 Å². The zero-order valence-electron chi connectivity index (χ0n) is 12.8. The van der Waals surface area contributed by atoms with Gasteiger partial charge in [0, 0.05) is 32.0 Å². The number of benzene rings is 1. The summed E-state index contributed by atoms with van der Waals surface area (Å²) in [7, 11) is 0. The van der Waals surface area contributed by atoms with Crippen molar-refractivity contribution in [3.8, 4) is 0 Å². The van der Waals surface area contributed by atoms with Crippen molar-refractivity contribution in [2.45, 2.75) is 38.4 Å². The molecule has 0 aromatic heterocycles. The Hall–Kier alpha value is -1.10. The van der Waals surface area contributed by atoms with Crippen molar-refractivity contribution < 1.29 is 14.6 Å². The summed E-state index contributed by atoms with van der Waals surface area (Å²) in [5.41, 5.74) is 3.94. The molecule has 0 aliphatic carbocycles. The maximum Gasteiger partial charge on any atom is 0.0948 e. The second-order valence-electron chi connectivity index (χ2n) is 6.13. The van der Waals surface area contributed by atoms with Crippen LogP contribution in [0.2, 0.25) is 0 Å². The van der Waals surface area contributed by atoms with E-state index >= 15 is 0 Å². The highest BCUT2D eigenvalue weighted by molar-refractivity contribution is 5.59. The lowest BCUT2D eigenvalue weighted by Gasteiger charge is -2.26. The van der Waals surface area contributed by atoms with Crippen LogP contribution >= 0.6 is 0 Å². The number of nitrogens with zero attached hydrogens (tertiary/aromatic N) is 1. The van der Waals surface area contributed by atoms with E-state index in [0.717, 1.165) is 39.0 Å². The molecule has 4 heteroatoms. The summed E-state index contributed by atoms with van der Waals surface area (Å²) >= 11 is 0. The number of hydrogen-bond donors (Lipinski definition) is 1. The van der Waals surface area contributed by atoms with Crippen LogP contribution in [-0.2, 0) is 15.9 Å². The number of hydrogen-bond acceptors (Lipinski definition) is 4. The summed E-state index contributed by atoms with van der Waals surface area (Å²) in [5.74, 6) is 0. The number of aryl methyl sites for hydroxylation is 1. The van der Waals surface area contributed by atoms with Gasteiger partial charge in [0.15, 0.2) is 0 Å². The quantitative estimate of drug-likeness (QED) is 0.900. The summed E-state index contributed by atoms with van der Waals surface area (Å²) in [5, 5.41) is 10.2. The largest absolute Gasteiger partial charge is 0.389 e. The fourth-order valence-corrected chi connectivity index (χ4v) is 3.14. The molecule has 1 saturated heterocycles. The number of ether oxygens (including phenoxy) is 2. The van der Waals surface area contributed by atoms with Gasteiger partial charge in [-0.05, 0) is 43.4 Å². The average molecular weight is 291 g/mol. The first-order chi connectivity index (χ1) is 10.2. The van der Waals surface area contributed by atoms with Crippen molar-refractivity contribution in [1.82, 2.24) is 0 Å². The van der Waals surface area contributed by atoms with Gasteiger partial charge in [-0.1, -0.05) is 12.1 Å². The van der Waals surface area contributed by atoms with E-state index < -0.39 is 6.10 Å². The van der Waals surface area contributed by atoms with Gasteiger partial charge in [-0.25, -0.2) is 0 Å². The number of β-amino-alcohol motifs (C(OH)–C–C–N with tert-alkyl or cyclic N) is 1. The highest BCUT2D eigenvalue weighted by atomic mass is 16.5. The third-order valence-electron chi connectivity index (χ3n) is 4.36. The van der Waals surface area contributed by atoms with Crippen molar-refractivity contribution in [3.05, 3.63) is 29.3 Å². The molecule has 2 heterocycles. The first-order valence-electron chi connectivity index (χ1n) is 7.94. The first kappa shape index (κ1) is 14.8. The molecule has 0 spiro atoms.